The fourth-order valence-electron chi connectivity index (χ4n) is 2.00. The minimum absolute atomic E-state index is 0.0634. The van der Waals surface area contributed by atoms with Crippen molar-refractivity contribution in [2.24, 2.45) is 0 Å². The van der Waals surface area contributed by atoms with E-state index in [4.69, 9.17) is 13.9 Å². The fraction of sp³-hybridized carbons (Fsp3) is 0.611. The molecule has 0 aliphatic carbocycles. The van der Waals surface area contributed by atoms with Crippen LogP contribution in [0.2, 0.25) is 18.1 Å². The molecule has 24 heavy (non-hydrogen) atoms. The van der Waals surface area contributed by atoms with Crippen LogP contribution < -0.4 is 4.74 Å². The zero-order valence-electron chi connectivity index (χ0n) is 15.9. The molecule has 0 spiro atoms. The van der Waals surface area contributed by atoms with Crippen LogP contribution in [0.1, 0.15) is 38.3 Å². The summed E-state index contributed by atoms with van der Waals surface area (Å²) in [6.07, 6.45) is 0.746. The molecule has 0 saturated heterocycles. The maximum absolute atomic E-state index is 11.4. The quantitative estimate of drug-likeness (QED) is 0.591. The van der Waals surface area contributed by atoms with E-state index in [1.807, 2.05) is 0 Å². The van der Waals surface area contributed by atoms with Crippen LogP contribution in [0.25, 0.3) is 0 Å². The van der Waals surface area contributed by atoms with E-state index < -0.39 is 8.32 Å². The number of ether oxygens (including phenoxy) is 2. The molecule has 1 N–H and O–H groups in total. The Morgan fingerprint density at radius 2 is 1.79 bits per heavy atom. The van der Waals surface area contributed by atoms with Crippen molar-refractivity contribution in [1.29, 1.82) is 0 Å². The van der Waals surface area contributed by atoms with E-state index in [9.17, 15) is 9.90 Å². The van der Waals surface area contributed by atoms with Gasteiger partial charge in [0.15, 0.2) is 19.8 Å². The second-order valence-electron chi connectivity index (χ2n) is 7.42. The summed E-state index contributed by atoms with van der Waals surface area (Å²) in [5.41, 5.74) is 1.80. The topological polar surface area (TPSA) is 65.0 Å². The Kier molecular flexibility index (Phi) is 6.86. The number of hydrogen-bond donors (Lipinski definition) is 1. The zero-order chi connectivity index (χ0) is 18.5. The molecular weight excluding hydrogens is 324 g/mol. The molecule has 0 unspecified atom stereocenters. The number of carbonyl (C=O) groups is 1. The molecule has 5 nitrogen and oxygen atoms in total. The lowest BCUT2D eigenvalue weighted by molar-refractivity contribution is -0.140. The van der Waals surface area contributed by atoms with Crippen molar-refractivity contribution in [2.45, 2.75) is 58.4 Å². The minimum Gasteiger partial charge on any atom is -0.504 e. The first kappa shape index (κ1) is 20.5. The monoisotopic (exact) mass is 354 g/mol. The van der Waals surface area contributed by atoms with E-state index in [-0.39, 0.29) is 23.2 Å². The summed E-state index contributed by atoms with van der Waals surface area (Å²) in [6, 6.07) is 3.43. The van der Waals surface area contributed by atoms with Gasteiger partial charge in [0.2, 0.25) is 0 Å². The molecule has 0 heterocycles. The van der Waals surface area contributed by atoms with Gasteiger partial charge in [-0.2, -0.15) is 0 Å². The Bertz CT molecular complexity index is 576. The van der Waals surface area contributed by atoms with Crippen LogP contribution in [0.15, 0.2) is 12.1 Å². The Morgan fingerprint density at radius 3 is 2.29 bits per heavy atom. The Balaban J connectivity index is 3.03. The van der Waals surface area contributed by atoms with E-state index in [1.165, 1.54) is 14.2 Å². The van der Waals surface area contributed by atoms with Gasteiger partial charge in [0.25, 0.3) is 0 Å². The lowest BCUT2D eigenvalue weighted by Crippen LogP contribution is -2.40. The van der Waals surface area contributed by atoms with Crippen molar-refractivity contribution in [1.82, 2.24) is 0 Å². The fourth-order valence-corrected chi connectivity index (χ4v) is 2.95. The van der Waals surface area contributed by atoms with Gasteiger partial charge in [-0.05, 0) is 47.8 Å². The van der Waals surface area contributed by atoms with Crippen molar-refractivity contribution >= 4 is 14.3 Å². The summed E-state index contributed by atoms with van der Waals surface area (Å²) in [6.45, 7) is 11.4. The Morgan fingerprint density at radius 1 is 1.17 bits per heavy atom. The predicted molar refractivity (Wildman–Crippen MR) is 97.0 cm³/mol. The predicted octanol–water partition coefficient (Wildman–Crippen LogP) is 4.03. The maximum atomic E-state index is 11.4. The second-order valence-corrected chi connectivity index (χ2v) is 12.2. The average molecular weight is 355 g/mol. The van der Waals surface area contributed by atoms with Gasteiger partial charge in [-0.15, -0.1) is 0 Å². The first-order valence-corrected chi connectivity index (χ1v) is 11.0. The lowest BCUT2D eigenvalue weighted by atomic mass is 10.0. The molecule has 0 atom stereocenters. The highest BCUT2D eigenvalue weighted by Crippen LogP contribution is 2.38. The third-order valence-corrected chi connectivity index (χ3v) is 9.20. The van der Waals surface area contributed by atoms with E-state index in [0.29, 0.717) is 18.8 Å². The highest BCUT2D eigenvalue weighted by molar-refractivity contribution is 6.74. The Hall–Kier alpha value is -1.53. The third-order valence-electron chi connectivity index (χ3n) is 4.72. The van der Waals surface area contributed by atoms with E-state index in [1.54, 1.807) is 12.1 Å². The number of rotatable bonds is 7. The van der Waals surface area contributed by atoms with Crippen LogP contribution in [-0.2, 0) is 27.0 Å². The van der Waals surface area contributed by atoms with Gasteiger partial charge in [-0.25, -0.2) is 0 Å². The summed E-state index contributed by atoms with van der Waals surface area (Å²) in [5, 5.41) is 10.1. The van der Waals surface area contributed by atoms with Crippen molar-refractivity contribution in [3.63, 3.8) is 0 Å². The van der Waals surface area contributed by atoms with Gasteiger partial charge in [0.1, 0.15) is 0 Å². The SMILES string of the molecule is COC(=O)CCc1cc(O)c(OC)cc1CO[Si](C)(C)C(C)(C)C. The highest BCUT2D eigenvalue weighted by Gasteiger charge is 2.37. The third kappa shape index (κ3) is 5.24. The molecule has 136 valence electrons. The molecule has 0 bridgehead atoms. The Labute approximate surface area is 146 Å². The van der Waals surface area contributed by atoms with Gasteiger partial charge in [-0.3, -0.25) is 4.79 Å². The molecule has 0 radical (unpaired) electrons. The lowest BCUT2D eigenvalue weighted by Gasteiger charge is -2.36. The molecule has 0 amide bonds. The largest absolute Gasteiger partial charge is 0.504 e. The number of phenols is 1. The minimum atomic E-state index is -1.90. The number of esters is 1. The molecule has 0 aliphatic rings. The van der Waals surface area contributed by atoms with E-state index in [0.717, 1.165) is 11.1 Å². The number of carbonyl (C=O) groups excluding carboxylic acids is 1. The van der Waals surface area contributed by atoms with Gasteiger partial charge < -0.3 is 19.0 Å². The number of methoxy groups -OCH3 is 2. The summed E-state index contributed by atoms with van der Waals surface area (Å²) < 4.78 is 16.2. The maximum Gasteiger partial charge on any atom is 0.305 e. The highest BCUT2D eigenvalue weighted by atomic mass is 28.4. The van der Waals surface area contributed by atoms with Gasteiger partial charge in [0.05, 0.1) is 20.8 Å². The molecule has 0 aliphatic heterocycles. The first-order chi connectivity index (χ1) is 11.0. The molecule has 6 heteroatoms. The number of benzene rings is 1. The molecule has 1 aromatic carbocycles. The number of hydrogen-bond acceptors (Lipinski definition) is 5. The van der Waals surface area contributed by atoms with Gasteiger partial charge >= 0.3 is 5.97 Å². The summed E-state index contributed by atoms with van der Waals surface area (Å²) >= 11 is 0. The van der Waals surface area contributed by atoms with Crippen molar-refractivity contribution in [3.8, 4) is 11.5 Å². The van der Waals surface area contributed by atoms with Crippen molar-refractivity contribution < 1.29 is 23.8 Å². The summed E-state index contributed by atoms with van der Waals surface area (Å²) in [4.78, 5) is 11.4. The van der Waals surface area contributed by atoms with Gasteiger partial charge in [-0.1, -0.05) is 20.8 Å². The molecule has 0 aromatic heterocycles. The first-order valence-electron chi connectivity index (χ1n) is 8.11. The van der Waals surface area contributed by atoms with Crippen LogP contribution >= 0.6 is 0 Å². The van der Waals surface area contributed by atoms with Gasteiger partial charge in [0, 0.05) is 6.42 Å². The number of aromatic hydroxyl groups is 1. The van der Waals surface area contributed by atoms with Crippen LogP contribution in [0.4, 0.5) is 0 Å². The van der Waals surface area contributed by atoms with E-state index in [2.05, 4.69) is 33.9 Å². The summed E-state index contributed by atoms with van der Waals surface area (Å²) in [7, 11) is 0.987. The molecule has 0 fully saturated rings. The van der Waals surface area contributed by atoms with Crippen molar-refractivity contribution in [3.05, 3.63) is 23.3 Å². The van der Waals surface area contributed by atoms with E-state index >= 15 is 0 Å². The van der Waals surface area contributed by atoms with Crippen LogP contribution in [0, 0.1) is 0 Å². The van der Waals surface area contributed by atoms with Crippen molar-refractivity contribution in [2.75, 3.05) is 14.2 Å². The normalized spacial score (nSPS) is 12.1. The van der Waals surface area contributed by atoms with Crippen LogP contribution in [0.3, 0.4) is 0 Å². The smallest absolute Gasteiger partial charge is 0.305 e. The molecule has 1 aromatic rings. The zero-order valence-corrected chi connectivity index (χ0v) is 16.9. The second kappa shape index (κ2) is 8.03. The molecular formula is C18H30O5Si. The molecule has 1 rings (SSSR count). The number of phenolic OH excluding ortho intramolecular Hbond substituents is 1. The van der Waals surface area contributed by atoms with Crippen LogP contribution in [-0.4, -0.2) is 33.6 Å². The number of aryl methyl sites for hydroxylation is 1. The molecule has 0 saturated carbocycles. The standard InChI is InChI=1S/C18H30O5Si/c1-18(2,3)24(6,7)23-12-14-11-16(21-4)15(19)10-13(14)8-9-17(20)22-5/h10-11,19H,8-9,12H2,1-7H3. The van der Waals surface area contributed by atoms with Crippen LogP contribution in [0.5, 0.6) is 11.5 Å². The average Bonchev–Trinajstić information content (AvgIpc) is 2.50. The summed E-state index contributed by atoms with van der Waals surface area (Å²) in [5.74, 6) is 0.195.